The summed E-state index contributed by atoms with van der Waals surface area (Å²) in [6, 6.07) is 14.2. The molecule has 2 aromatic carbocycles. The zero-order valence-corrected chi connectivity index (χ0v) is 15.7. The highest BCUT2D eigenvalue weighted by Gasteiger charge is 2.22. The Balaban J connectivity index is 1.74. The fraction of sp³-hybridized carbons (Fsp3) is 0.130. The quantitative estimate of drug-likeness (QED) is 0.450. The van der Waals surface area contributed by atoms with Gasteiger partial charge < -0.3 is 14.2 Å². The summed E-state index contributed by atoms with van der Waals surface area (Å²) in [6.45, 7) is 2.02. The zero-order chi connectivity index (χ0) is 20.4. The lowest BCUT2D eigenvalue weighted by Crippen LogP contribution is -2.22. The molecule has 1 N–H and O–H groups in total. The summed E-state index contributed by atoms with van der Waals surface area (Å²) in [5.74, 6) is 0.242. The van der Waals surface area contributed by atoms with E-state index in [1.165, 1.54) is 12.1 Å². The Morgan fingerprint density at radius 1 is 1.07 bits per heavy atom. The fourth-order valence-corrected chi connectivity index (χ4v) is 3.18. The van der Waals surface area contributed by atoms with Crippen LogP contribution in [0.25, 0.3) is 22.3 Å². The predicted octanol–water partition coefficient (Wildman–Crippen LogP) is 5.35. The van der Waals surface area contributed by atoms with Gasteiger partial charge in [-0.2, -0.15) is 0 Å². The number of ketones is 1. The van der Waals surface area contributed by atoms with Crippen LogP contribution in [0.3, 0.4) is 0 Å². The van der Waals surface area contributed by atoms with Crippen molar-refractivity contribution in [3.05, 3.63) is 83.6 Å². The van der Waals surface area contributed by atoms with Crippen molar-refractivity contribution in [3.8, 4) is 11.3 Å². The summed E-state index contributed by atoms with van der Waals surface area (Å²) in [4.78, 5) is 25.2. The molecule has 146 valence electrons. The van der Waals surface area contributed by atoms with Gasteiger partial charge in [0.1, 0.15) is 22.9 Å². The molecule has 29 heavy (non-hydrogen) atoms. The van der Waals surface area contributed by atoms with Gasteiger partial charge >= 0.3 is 0 Å². The maximum Gasteiger partial charge on any atom is 0.251 e. The minimum Gasteiger partial charge on any atom is -0.467 e. The van der Waals surface area contributed by atoms with Crippen LogP contribution in [0.2, 0.25) is 0 Å². The number of hydrogen-bond donors (Lipinski definition) is 1. The number of amides is 1. The van der Waals surface area contributed by atoms with E-state index in [-0.39, 0.29) is 30.5 Å². The molecule has 0 saturated carbocycles. The summed E-state index contributed by atoms with van der Waals surface area (Å²) in [5.41, 5.74) is 1.89. The highest BCUT2D eigenvalue weighted by molar-refractivity contribution is 6.13. The molecule has 0 fully saturated rings. The number of rotatable bonds is 6. The fourth-order valence-electron chi connectivity index (χ4n) is 3.18. The third-order valence-electron chi connectivity index (χ3n) is 4.66. The lowest BCUT2D eigenvalue weighted by atomic mass is 9.99. The number of nitrogens with one attached hydrogen (secondary N) is 1. The standard InChI is InChI=1S/C23H18FNO4/c1-2-19(26)21-18-12-15(23(27)25-13-17-4-3-11-28-17)7-10-20(18)29-22(21)14-5-8-16(24)9-6-14/h3-12H,2,13H2,1H3,(H,25,27). The van der Waals surface area contributed by atoms with Crippen molar-refractivity contribution in [2.24, 2.45) is 0 Å². The van der Waals surface area contributed by atoms with Gasteiger partial charge in [0.05, 0.1) is 18.4 Å². The number of halogens is 1. The molecule has 5 nitrogen and oxygen atoms in total. The second-order valence-corrected chi connectivity index (χ2v) is 6.56. The Morgan fingerprint density at radius 3 is 2.55 bits per heavy atom. The number of benzene rings is 2. The summed E-state index contributed by atoms with van der Waals surface area (Å²) < 4.78 is 24.4. The van der Waals surface area contributed by atoms with E-state index in [0.717, 1.165) is 0 Å². The maximum absolute atomic E-state index is 13.3. The van der Waals surface area contributed by atoms with Crippen LogP contribution >= 0.6 is 0 Å². The normalized spacial score (nSPS) is 11.0. The predicted molar refractivity (Wildman–Crippen MR) is 106 cm³/mol. The molecule has 0 radical (unpaired) electrons. The van der Waals surface area contributed by atoms with E-state index in [2.05, 4.69) is 5.32 Å². The molecule has 2 aromatic heterocycles. The first kappa shape index (κ1) is 18.7. The van der Waals surface area contributed by atoms with Crippen LogP contribution in [0.5, 0.6) is 0 Å². The minimum absolute atomic E-state index is 0.115. The Morgan fingerprint density at radius 2 is 1.86 bits per heavy atom. The number of carbonyl (C=O) groups excluding carboxylic acids is 2. The van der Waals surface area contributed by atoms with Gasteiger partial charge in [-0.1, -0.05) is 6.92 Å². The third kappa shape index (κ3) is 3.69. The molecule has 0 bridgehead atoms. The molecule has 0 aliphatic heterocycles. The maximum atomic E-state index is 13.3. The van der Waals surface area contributed by atoms with Crippen LogP contribution in [-0.4, -0.2) is 11.7 Å². The van der Waals surface area contributed by atoms with Crippen molar-refractivity contribution in [1.82, 2.24) is 5.32 Å². The van der Waals surface area contributed by atoms with Crippen molar-refractivity contribution in [3.63, 3.8) is 0 Å². The smallest absolute Gasteiger partial charge is 0.251 e. The molecular formula is C23H18FNO4. The van der Waals surface area contributed by atoms with Crippen molar-refractivity contribution in [1.29, 1.82) is 0 Å². The van der Waals surface area contributed by atoms with E-state index < -0.39 is 0 Å². The van der Waals surface area contributed by atoms with Crippen molar-refractivity contribution >= 4 is 22.7 Å². The van der Waals surface area contributed by atoms with Crippen molar-refractivity contribution < 1.29 is 22.8 Å². The average Bonchev–Trinajstić information content (AvgIpc) is 3.39. The van der Waals surface area contributed by atoms with E-state index in [9.17, 15) is 14.0 Å². The number of Topliss-reactive ketones (excluding diaryl/α,β-unsaturated/α-hetero) is 1. The first-order chi connectivity index (χ1) is 14.1. The van der Waals surface area contributed by atoms with Crippen LogP contribution in [0, 0.1) is 5.82 Å². The summed E-state index contributed by atoms with van der Waals surface area (Å²) >= 11 is 0. The molecule has 2 heterocycles. The second-order valence-electron chi connectivity index (χ2n) is 6.56. The third-order valence-corrected chi connectivity index (χ3v) is 4.66. The average molecular weight is 391 g/mol. The molecular weight excluding hydrogens is 373 g/mol. The second kappa shape index (κ2) is 7.75. The highest BCUT2D eigenvalue weighted by atomic mass is 19.1. The summed E-state index contributed by atoms with van der Waals surface area (Å²) in [7, 11) is 0. The topological polar surface area (TPSA) is 72.5 Å². The Hall–Kier alpha value is -3.67. The van der Waals surface area contributed by atoms with Gasteiger partial charge in [0.25, 0.3) is 5.91 Å². The highest BCUT2D eigenvalue weighted by Crippen LogP contribution is 2.35. The molecule has 0 aliphatic rings. The van der Waals surface area contributed by atoms with Crippen LogP contribution in [0.1, 0.15) is 39.8 Å². The van der Waals surface area contributed by atoms with Gasteiger partial charge in [0.2, 0.25) is 0 Å². The van der Waals surface area contributed by atoms with Gasteiger partial charge in [0.15, 0.2) is 5.78 Å². The summed E-state index contributed by atoms with van der Waals surface area (Å²) in [6.07, 6.45) is 1.82. The monoisotopic (exact) mass is 391 g/mol. The van der Waals surface area contributed by atoms with Gasteiger partial charge in [0, 0.05) is 22.9 Å². The Labute approximate surface area is 166 Å². The van der Waals surface area contributed by atoms with E-state index >= 15 is 0 Å². The molecule has 0 spiro atoms. The van der Waals surface area contributed by atoms with Gasteiger partial charge in [-0.05, 0) is 54.6 Å². The van der Waals surface area contributed by atoms with E-state index in [1.807, 2.05) is 0 Å². The molecule has 0 atom stereocenters. The molecule has 4 aromatic rings. The number of hydrogen-bond acceptors (Lipinski definition) is 4. The zero-order valence-electron chi connectivity index (χ0n) is 15.7. The van der Waals surface area contributed by atoms with Crippen molar-refractivity contribution in [2.75, 3.05) is 0 Å². The van der Waals surface area contributed by atoms with E-state index in [1.54, 1.807) is 55.7 Å². The van der Waals surface area contributed by atoms with Gasteiger partial charge in [-0.3, -0.25) is 9.59 Å². The molecule has 6 heteroatoms. The number of furan rings is 2. The Bertz CT molecular complexity index is 1170. The first-order valence-corrected chi connectivity index (χ1v) is 9.23. The molecule has 4 rings (SSSR count). The summed E-state index contributed by atoms with van der Waals surface area (Å²) in [5, 5.41) is 3.34. The van der Waals surface area contributed by atoms with Gasteiger partial charge in [-0.15, -0.1) is 0 Å². The van der Waals surface area contributed by atoms with Crippen LogP contribution < -0.4 is 5.32 Å². The minimum atomic E-state index is -0.372. The number of fused-ring (bicyclic) bond motifs is 1. The van der Waals surface area contributed by atoms with E-state index in [4.69, 9.17) is 8.83 Å². The molecule has 0 unspecified atom stereocenters. The lowest BCUT2D eigenvalue weighted by molar-refractivity contribution is 0.0946. The largest absolute Gasteiger partial charge is 0.467 e. The Kier molecular flexibility index (Phi) is 4.99. The van der Waals surface area contributed by atoms with E-state index in [0.29, 0.717) is 39.2 Å². The first-order valence-electron chi connectivity index (χ1n) is 9.23. The molecule has 0 saturated heterocycles. The van der Waals surface area contributed by atoms with Crippen LogP contribution in [0.15, 0.2) is 69.7 Å². The SMILES string of the molecule is CCC(=O)c1c(-c2ccc(F)cc2)oc2ccc(C(=O)NCc3ccco3)cc12. The van der Waals surface area contributed by atoms with Crippen molar-refractivity contribution in [2.45, 2.75) is 19.9 Å². The number of carbonyl (C=O) groups is 2. The van der Waals surface area contributed by atoms with Crippen LogP contribution in [0.4, 0.5) is 4.39 Å². The van der Waals surface area contributed by atoms with Crippen LogP contribution in [-0.2, 0) is 6.54 Å². The molecule has 0 aliphatic carbocycles. The molecule has 1 amide bonds. The lowest BCUT2D eigenvalue weighted by Gasteiger charge is -2.04. The van der Waals surface area contributed by atoms with Gasteiger partial charge in [-0.25, -0.2) is 4.39 Å².